The molecule has 2 aromatic rings. The Kier molecular flexibility index (Phi) is 4.50. The minimum absolute atomic E-state index is 0.0352. The molecule has 0 saturated heterocycles. The second kappa shape index (κ2) is 6.52. The van der Waals surface area contributed by atoms with Crippen LogP contribution in [0.2, 0.25) is 0 Å². The zero-order valence-corrected chi connectivity index (χ0v) is 10.8. The van der Waals surface area contributed by atoms with Gasteiger partial charge in [-0.15, -0.1) is 0 Å². The number of esters is 1. The number of ketones is 1. The minimum Gasteiger partial charge on any atom is -0.508 e. The van der Waals surface area contributed by atoms with E-state index in [4.69, 9.17) is 9.84 Å². The monoisotopic (exact) mass is 270 g/mol. The first-order chi connectivity index (χ1) is 9.66. The normalized spacial score (nSPS) is 10.0. The zero-order chi connectivity index (χ0) is 14.4. The lowest BCUT2D eigenvalue weighted by molar-refractivity contribution is 0.0496. The van der Waals surface area contributed by atoms with E-state index in [-0.39, 0.29) is 24.6 Å². The molecule has 4 heteroatoms. The summed E-state index contributed by atoms with van der Waals surface area (Å²) in [6.45, 7) is 0.0352. The molecule has 0 radical (unpaired) electrons. The predicted molar refractivity (Wildman–Crippen MR) is 73.8 cm³/mol. The summed E-state index contributed by atoms with van der Waals surface area (Å²) in [5.41, 5.74) is 0.947. The molecule has 0 atom stereocenters. The number of benzene rings is 2. The molecule has 0 aliphatic carbocycles. The van der Waals surface area contributed by atoms with Crippen LogP contribution >= 0.6 is 0 Å². The van der Waals surface area contributed by atoms with Crippen LogP contribution in [0.3, 0.4) is 0 Å². The maximum Gasteiger partial charge on any atom is 0.338 e. The number of hydrogen-bond donors (Lipinski definition) is 1. The van der Waals surface area contributed by atoms with Gasteiger partial charge in [0.05, 0.1) is 12.2 Å². The third kappa shape index (κ3) is 3.68. The van der Waals surface area contributed by atoms with E-state index in [9.17, 15) is 9.59 Å². The van der Waals surface area contributed by atoms with E-state index in [1.54, 1.807) is 24.3 Å². The molecular formula is C16H14O4. The average Bonchev–Trinajstić information content (AvgIpc) is 2.48. The van der Waals surface area contributed by atoms with Gasteiger partial charge in [0.2, 0.25) is 0 Å². The third-order valence-electron chi connectivity index (χ3n) is 2.76. The summed E-state index contributed by atoms with van der Waals surface area (Å²) in [4.78, 5) is 23.4. The van der Waals surface area contributed by atoms with Gasteiger partial charge in [-0.25, -0.2) is 4.79 Å². The number of hydrogen-bond acceptors (Lipinski definition) is 4. The largest absolute Gasteiger partial charge is 0.508 e. The molecule has 0 aliphatic heterocycles. The highest BCUT2D eigenvalue weighted by atomic mass is 16.5. The number of ether oxygens (including phenoxy) is 1. The fourth-order valence-electron chi connectivity index (χ4n) is 1.69. The summed E-state index contributed by atoms with van der Waals surface area (Å²) in [7, 11) is 0. The molecule has 0 fully saturated rings. The van der Waals surface area contributed by atoms with Crippen molar-refractivity contribution in [1.29, 1.82) is 0 Å². The fourth-order valence-corrected chi connectivity index (χ4v) is 1.69. The van der Waals surface area contributed by atoms with Gasteiger partial charge in [-0.3, -0.25) is 4.79 Å². The van der Waals surface area contributed by atoms with Gasteiger partial charge in [0.15, 0.2) is 5.78 Å². The summed E-state index contributed by atoms with van der Waals surface area (Å²) in [6.07, 6.45) is 0.114. The highest BCUT2D eigenvalue weighted by Gasteiger charge is 2.09. The smallest absolute Gasteiger partial charge is 0.338 e. The summed E-state index contributed by atoms with van der Waals surface area (Å²) in [6, 6.07) is 14.6. The maximum atomic E-state index is 11.8. The molecule has 0 amide bonds. The average molecular weight is 270 g/mol. The lowest BCUT2D eigenvalue weighted by Crippen LogP contribution is -2.10. The first kappa shape index (κ1) is 13.8. The molecule has 0 aromatic heterocycles. The van der Waals surface area contributed by atoms with Crippen LogP contribution in [0.1, 0.15) is 27.1 Å². The molecular weight excluding hydrogens is 256 g/mol. The predicted octanol–water partition coefficient (Wildman–Crippen LogP) is 2.82. The van der Waals surface area contributed by atoms with Gasteiger partial charge < -0.3 is 9.84 Å². The van der Waals surface area contributed by atoms with E-state index in [0.29, 0.717) is 11.1 Å². The highest BCUT2D eigenvalue weighted by molar-refractivity contribution is 5.96. The van der Waals surface area contributed by atoms with Crippen LogP contribution in [0.25, 0.3) is 0 Å². The van der Waals surface area contributed by atoms with E-state index in [0.717, 1.165) is 0 Å². The van der Waals surface area contributed by atoms with Gasteiger partial charge in [0.25, 0.3) is 0 Å². The molecule has 4 nitrogen and oxygen atoms in total. The number of Topliss-reactive ketones (excluding diaryl/α,β-unsaturated/α-hetero) is 1. The fraction of sp³-hybridized carbons (Fsp3) is 0.125. The van der Waals surface area contributed by atoms with Crippen molar-refractivity contribution in [2.24, 2.45) is 0 Å². The Morgan fingerprint density at radius 1 is 0.900 bits per heavy atom. The van der Waals surface area contributed by atoms with Crippen LogP contribution in [-0.4, -0.2) is 23.5 Å². The lowest BCUT2D eigenvalue weighted by Gasteiger charge is -2.04. The van der Waals surface area contributed by atoms with Gasteiger partial charge >= 0.3 is 5.97 Å². The Morgan fingerprint density at radius 3 is 2.20 bits per heavy atom. The summed E-state index contributed by atoms with van der Waals surface area (Å²) in [5.74, 6) is -0.466. The molecule has 0 bridgehead atoms. The third-order valence-corrected chi connectivity index (χ3v) is 2.76. The van der Waals surface area contributed by atoms with E-state index >= 15 is 0 Å². The number of carbonyl (C=O) groups is 2. The minimum atomic E-state index is -0.441. The molecule has 0 aliphatic rings. The molecule has 0 heterocycles. The first-order valence-corrected chi connectivity index (χ1v) is 6.21. The van der Waals surface area contributed by atoms with Crippen LogP contribution in [0.4, 0.5) is 0 Å². The van der Waals surface area contributed by atoms with Gasteiger partial charge in [-0.05, 0) is 36.4 Å². The molecule has 0 unspecified atom stereocenters. The SMILES string of the molecule is O=C(CCOC(=O)c1ccccc1)c1ccc(O)cc1. The molecule has 0 saturated carbocycles. The standard InChI is InChI=1S/C16H14O4/c17-14-8-6-12(7-9-14)15(18)10-11-20-16(19)13-4-2-1-3-5-13/h1-9,17H,10-11H2. The lowest BCUT2D eigenvalue weighted by atomic mass is 10.1. The van der Waals surface area contributed by atoms with E-state index < -0.39 is 5.97 Å². The second-order valence-corrected chi connectivity index (χ2v) is 4.22. The Morgan fingerprint density at radius 2 is 1.55 bits per heavy atom. The number of phenols is 1. The maximum absolute atomic E-state index is 11.8. The van der Waals surface area contributed by atoms with Crippen molar-refractivity contribution in [3.05, 3.63) is 65.7 Å². The van der Waals surface area contributed by atoms with Crippen molar-refractivity contribution in [2.75, 3.05) is 6.61 Å². The first-order valence-electron chi connectivity index (χ1n) is 6.21. The van der Waals surface area contributed by atoms with Crippen LogP contribution in [0, 0.1) is 0 Å². The Labute approximate surface area is 116 Å². The Balaban J connectivity index is 1.83. The van der Waals surface area contributed by atoms with Gasteiger partial charge in [0, 0.05) is 12.0 Å². The summed E-state index contributed by atoms with van der Waals surface area (Å²) in [5, 5.41) is 9.13. The highest BCUT2D eigenvalue weighted by Crippen LogP contribution is 2.11. The van der Waals surface area contributed by atoms with Gasteiger partial charge in [-0.2, -0.15) is 0 Å². The van der Waals surface area contributed by atoms with Crippen LogP contribution in [0.5, 0.6) is 5.75 Å². The van der Waals surface area contributed by atoms with E-state index in [2.05, 4.69) is 0 Å². The summed E-state index contributed by atoms with van der Waals surface area (Å²) < 4.78 is 5.03. The van der Waals surface area contributed by atoms with E-state index in [1.165, 1.54) is 24.3 Å². The topological polar surface area (TPSA) is 63.6 Å². The molecule has 0 spiro atoms. The second-order valence-electron chi connectivity index (χ2n) is 4.22. The number of phenolic OH excluding ortho intramolecular Hbond substituents is 1. The quantitative estimate of drug-likeness (QED) is 0.670. The Hall–Kier alpha value is -2.62. The van der Waals surface area contributed by atoms with Crippen LogP contribution in [0.15, 0.2) is 54.6 Å². The van der Waals surface area contributed by atoms with Crippen LogP contribution in [-0.2, 0) is 4.74 Å². The van der Waals surface area contributed by atoms with Crippen molar-refractivity contribution in [3.8, 4) is 5.75 Å². The summed E-state index contributed by atoms with van der Waals surface area (Å²) >= 11 is 0. The molecule has 2 aromatic carbocycles. The molecule has 20 heavy (non-hydrogen) atoms. The van der Waals surface area contributed by atoms with E-state index in [1.807, 2.05) is 6.07 Å². The Bertz CT molecular complexity index is 588. The van der Waals surface area contributed by atoms with Crippen molar-refractivity contribution < 1.29 is 19.4 Å². The molecule has 1 N–H and O–H groups in total. The molecule has 102 valence electrons. The van der Waals surface area contributed by atoms with Crippen molar-refractivity contribution in [3.63, 3.8) is 0 Å². The van der Waals surface area contributed by atoms with Crippen molar-refractivity contribution in [2.45, 2.75) is 6.42 Å². The van der Waals surface area contributed by atoms with Gasteiger partial charge in [-0.1, -0.05) is 18.2 Å². The molecule has 2 rings (SSSR count). The number of rotatable bonds is 5. The number of aromatic hydroxyl groups is 1. The van der Waals surface area contributed by atoms with Gasteiger partial charge in [0.1, 0.15) is 5.75 Å². The van der Waals surface area contributed by atoms with Crippen LogP contribution < -0.4 is 0 Å². The van der Waals surface area contributed by atoms with Crippen molar-refractivity contribution in [1.82, 2.24) is 0 Å². The zero-order valence-electron chi connectivity index (χ0n) is 10.8. The number of carbonyl (C=O) groups excluding carboxylic acids is 2. The van der Waals surface area contributed by atoms with Crippen molar-refractivity contribution >= 4 is 11.8 Å².